The first-order valence-corrected chi connectivity index (χ1v) is 10.9. The third kappa shape index (κ3) is 9.58. The third-order valence-corrected chi connectivity index (χ3v) is 4.82. The summed E-state index contributed by atoms with van der Waals surface area (Å²) >= 11 is 0. The molecule has 1 rings (SSSR count). The van der Waals surface area contributed by atoms with Crippen LogP contribution in [0.4, 0.5) is 0 Å². The number of nitrogens with zero attached hydrogens (tertiary/aromatic N) is 2. The Morgan fingerprint density at radius 1 is 1.14 bits per heavy atom. The maximum atomic E-state index is 11.3. The van der Waals surface area contributed by atoms with E-state index in [4.69, 9.17) is 9.26 Å². The van der Waals surface area contributed by atoms with Crippen molar-refractivity contribution >= 4 is 5.97 Å². The van der Waals surface area contributed by atoms with Gasteiger partial charge in [0.25, 0.3) is 5.88 Å². The number of carboxylic acids is 1. The SMILES string of the molecule is CCCCN(CCCCCCOc1cc(C(C(=O)O)C(C)C)on1)CC(C)C. The van der Waals surface area contributed by atoms with Gasteiger partial charge in [0.15, 0.2) is 5.76 Å². The lowest BCUT2D eigenvalue weighted by atomic mass is 9.94. The maximum Gasteiger partial charge on any atom is 0.314 e. The average molecular weight is 397 g/mol. The molecule has 0 spiro atoms. The summed E-state index contributed by atoms with van der Waals surface area (Å²) in [5.74, 6) is -0.200. The van der Waals surface area contributed by atoms with Crippen LogP contribution >= 0.6 is 0 Å². The fourth-order valence-electron chi connectivity index (χ4n) is 3.38. The molecule has 1 atom stereocenters. The van der Waals surface area contributed by atoms with Crippen LogP contribution in [0, 0.1) is 11.8 Å². The molecule has 1 heterocycles. The van der Waals surface area contributed by atoms with E-state index in [2.05, 4.69) is 30.8 Å². The molecule has 1 aromatic rings. The smallest absolute Gasteiger partial charge is 0.314 e. The molecular formula is C22H40N2O4. The van der Waals surface area contributed by atoms with Crippen LogP contribution in [-0.2, 0) is 4.79 Å². The second-order valence-corrected chi connectivity index (χ2v) is 8.44. The number of carboxylic acid groups (broad SMARTS) is 1. The molecule has 162 valence electrons. The molecule has 0 radical (unpaired) electrons. The van der Waals surface area contributed by atoms with E-state index in [1.54, 1.807) is 6.07 Å². The fourth-order valence-corrected chi connectivity index (χ4v) is 3.38. The van der Waals surface area contributed by atoms with E-state index in [1.807, 2.05) is 13.8 Å². The van der Waals surface area contributed by atoms with Crippen molar-refractivity contribution in [3.8, 4) is 5.88 Å². The zero-order valence-electron chi connectivity index (χ0n) is 18.4. The number of aliphatic carboxylic acids is 1. The molecule has 0 aliphatic heterocycles. The Labute approximate surface area is 170 Å². The molecule has 0 aliphatic rings. The molecule has 6 nitrogen and oxygen atoms in total. The van der Waals surface area contributed by atoms with Crippen molar-refractivity contribution in [3.05, 3.63) is 11.8 Å². The van der Waals surface area contributed by atoms with Crippen LogP contribution in [0.15, 0.2) is 10.6 Å². The lowest BCUT2D eigenvalue weighted by molar-refractivity contribution is -0.140. The van der Waals surface area contributed by atoms with Crippen LogP contribution in [0.2, 0.25) is 0 Å². The highest BCUT2D eigenvalue weighted by Gasteiger charge is 2.28. The molecule has 1 unspecified atom stereocenters. The molecular weight excluding hydrogens is 356 g/mol. The van der Waals surface area contributed by atoms with Gasteiger partial charge in [-0.2, -0.15) is 0 Å². The zero-order chi connectivity index (χ0) is 20.9. The summed E-state index contributed by atoms with van der Waals surface area (Å²) in [6.07, 6.45) is 7.04. The van der Waals surface area contributed by atoms with Crippen LogP contribution < -0.4 is 4.74 Å². The normalized spacial score (nSPS) is 12.9. The number of unbranched alkanes of at least 4 members (excludes halogenated alkanes) is 4. The van der Waals surface area contributed by atoms with E-state index < -0.39 is 11.9 Å². The molecule has 0 saturated carbocycles. The Bertz CT molecular complexity index is 542. The highest BCUT2D eigenvalue weighted by molar-refractivity contribution is 5.75. The van der Waals surface area contributed by atoms with Gasteiger partial charge in [0.05, 0.1) is 6.61 Å². The van der Waals surface area contributed by atoms with Crippen LogP contribution in [0.25, 0.3) is 0 Å². The van der Waals surface area contributed by atoms with Gasteiger partial charge in [0, 0.05) is 12.6 Å². The fraction of sp³-hybridized carbons (Fsp3) is 0.818. The van der Waals surface area contributed by atoms with Crippen molar-refractivity contribution in [2.75, 3.05) is 26.2 Å². The maximum absolute atomic E-state index is 11.3. The second-order valence-electron chi connectivity index (χ2n) is 8.44. The molecule has 6 heteroatoms. The van der Waals surface area contributed by atoms with Crippen molar-refractivity contribution in [2.45, 2.75) is 79.1 Å². The van der Waals surface area contributed by atoms with Gasteiger partial charge in [-0.05, 0) is 49.3 Å². The van der Waals surface area contributed by atoms with Crippen LogP contribution in [0.5, 0.6) is 5.88 Å². The summed E-state index contributed by atoms with van der Waals surface area (Å²) in [4.78, 5) is 13.9. The third-order valence-electron chi connectivity index (χ3n) is 4.82. The first kappa shape index (κ1) is 24.5. The van der Waals surface area contributed by atoms with Crippen molar-refractivity contribution in [1.29, 1.82) is 0 Å². The minimum Gasteiger partial charge on any atom is -0.481 e. The molecule has 1 aromatic heterocycles. The van der Waals surface area contributed by atoms with Crippen molar-refractivity contribution in [1.82, 2.24) is 10.1 Å². The van der Waals surface area contributed by atoms with Crippen LogP contribution in [0.1, 0.15) is 84.8 Å². The number of ether oxygens (including phenoxy) is 1. The molecule has 0 fully saturated rings. The minimum absolute atomic E-state index is 0.0640. The van der Waals surface area contributed by atoms with Gasteiger partial charge >= 0.3 is 5.97 Å². The molecule has 0 aromatic carbocycles. The summed E-state index contributed by atoms with van der Waals surface area (Å²) in [5, 5.41) is 13.2. The van der Waals surface area contributed by atoms with E-state index in [0.717, 1.165) is 12.8 Å². The summed E-state index contributed by atoms with van der Waals surface area (Å²) < 4.78 is 10.8. The highest BCUT2D eigenvalue weighted by Crippen LogP contribution is 2.27. The molecule has 0 bridgehead atoms. The predicted octanol–water partition coefficient (Wildman–Crippen LogP) is 5.20. The van der Waals surface area contributed by atoms with Crippen molar-refractivity contribution in [2.24, 2.45) is 11.8 Å². The minimum atomic E-state index is -0.900. The first-order valence-electron chi connectivity index (χ1n) is 10.9. The second kappa shape index (κ2) is 13.6. The monoisotopic (exact) mass is 396 g/mol. The molecule has 28 heavy (non-hydrogen) atoms. The van der Waals surface area contributed by atoms with Crippen molar-refractivity contribution < 1.29 is 19.2 Å². The van der Waals surface area contributed by atoms with Crippen molar-refractivity contribution in [3.63, 3.8) is 0 Å². The van der Waals surface area contributed by atoms with Gasteiger partial charge < -0.3 is 19.3 Å². The van der Waals surface area contributed by atoms with E-state index >= 15 is 0 Å². The number of rotatable bonds is 16. The van der Waals surface area contributed by atoms with Gasteiger partial charge in [-0.1, -0.05) is 53.9 Å². The van der Waals surface area contributed by atoms with Crippen LogP contribution in [-0.4, -0.2) is 47.4 Å². The Morgan fingerprint density at radius 3 is 2.43 bits per heavy atom. The van der Waals surface area contributed by atoms with E-state index in [9.17, 15) is 9.90 Å². The lowest BCUT2D eigenvalue weighted by Crippen LogP contribution is -2.29. The predicted molar refractivity (Wildman–Crippen MR) is 112 cm³/mol. The quantitative estimate of drug-likeness (QED) is 0.387. The number of hydrogen-bond donors (Lipinski definition) is 1. The molecule has 0 amide bonds. The van der Waals surface area contributed by atoms with Gasteiger partial charge in [-0.25, -0.2) is 0 Å². The van der Waals surface area contributed by atoms with Gasteiger partial charge in [0.1, 0.15) is 5.92 Å². The summed E-state index contributed by atoms with van der Waals surface area (Å²) in [6, 6.07) is 1.61. The number of carbonyl (C=O) groups is 1. The lowest BCUT2D eigenvalue weighted by Gasteiger charge is -2.24. The Balaban J connectivity index is 2.23. The Kier molecular flexibility index (Phi) is 11.9. The Morgan fingerprint density at radius 2 is 1.82 bits per heavy atom. The van der Waals surface area contributed by atoms with Gasteiger partial charge in [-0.3, -0.25) is 4.79 Å². The summed E-state index contributed by atoms with van der Waals surface area (Å²) in [6.45, 7) is 14.7. The standard InChI is InChI=1S/C22H40N2O4/c1-6-7-12-24(16-17(2)3)13-10-8-9-11-14-27-20-15-19(28-23-20)21(18(4)5)22(25)26/h15,17-18,21H,6-14,16H2,1-5H3,(H,25,26). The summed E-state index contributed by atoms with van der Waals surface area (Å²) in [7, 11) is 0. The topological polar surface area (TPSA) is 75.8 Å². The van der Waals surface area contributed by atoms with Gasteiger partial charge in [-0.15, -0.1) is 0 Å². The molecule has 0 saturated heterocycles. The van der Waals surface area contributed by atoms with Gasteiger partial charge in [0.2, 0.25) is 0 Å². The zero-order valence-corrected chi connectivity index (χ0v) is 18.4. The largest absolute Gasteiger partial charge is 0.481 e. The number of aromatic nitrogens is 1. The molecule has 0 aliphatic carbocycles. The van der Waals surface area contributed by atoms with Crippen LogP contribution in [0.3, 0.4) is 0 Å². The molecule has 1 N–H and O–H groups in total. The first-order chi connectivity index (χ1) is 13.3. The summed E-state index contributed by atoms with van der Waals surface area (Å²) in [5.41, 5.74) is 0. The van der Waals surface area contributed by atoms with E-state index in [1.165, 1.54) is 45.3 Å². The Hall–Kier alpha value is -1.56. The van der Waals surface area contributed by atoms with E-state index in [-0.39, 0.29) is 5.92 Å². The average Bonchev–Trinajstić information content (AvgIpc) is 3.05. The number of hydrogen-bond acceptors (Lipinski definition) is 5. The van der Waals surface area contributed by atoms with E-state index in [0.29, 0.717) is 24.2 Å². The highest BCUT2D eigenvalue weighted by atomic mass is 16.5.